The molecule has 1 heterocycles. The second-order valence-electron chi connectivity index (χ2n) is 7.33. The van der Waals surface area contributed by atoms with E-state index in [2.05, 4.69) is 5.32 Å². The highest BCUT2D eigenvalue weighted by Crippen LogP contribution is 2.30. The topological polar surface area (TPSA) is 75.7 Å². The van der Waals surface area contributed by atoms with Crippen molar-refractivity contribution in [1.29, 1.82) is 0 Å². The number of nitrogens with one attached hydrogen (secondary N) is 1. The van der Waals surface area contributed by atoms with Crippen molar-refractivity contribution in [2.75, 3.05) is 10.2 Å². The van der Waals surface area contributed by atoms with Crippen molar-refractivity contribution in [3.05, 3.63) is 100 Å². The first-order valence-corrected chi connectivity index (χ1v) is 10.2. The molecule has 0 spiro atoms. The molecule has 32 heavy (non-hydrogen) atoms. The Hall–Kier alpha value is -3.90. The minimum Gasteiger partial charge on any atom is -0.423 e. The standard InChI is InChI=1S/C25H19ClN2O4/c1-15-8-9-16(2)20(14-15)32-25(31)17-10-12-18(13-11-17)27-22-21(26)23(29)28(24(22)30)19-6-4-3-5-7-19/h3-14,27H,1-2H3. The number of carbonyl (C=O) groups is 3. The fourth-order valence-corrected chi connectivity index (χ4v) is 3.45. The first kappa shape index (κ1) is 21.3. The number of amides is 2. The lowest BCUT2D eigenvalue weighted by molar-refractivity contribution is -0.120. The number of para-hydroxylation sites is 1. The second-order valence-corrected chi connectivity index (χ2v) is 7.71. The van der Waals surface area contributed by atoms with Crippen molar-refractivity contribution in [3.8, 4) is 5.75 Å². The average molecular weight is 447 g/mol. The number of carbonyl (C=O) groups excluding carboxylic acids is 3. The molecule has 1 aliphatic rings. The number of rotatable bonds is 5. The van der Waals surface area contributed by atoms with Gasteiger partial charge in [-0.3, -0.25) is 9.59 Å². The Morgan fingerprint density at radius 1 is 0.906 bits per heavy atom. The summed E-state index contributed by atoms with van der Waals surface area (Å²) in [6, 6.07) is 20.5. The lowest BCUT2D eigenvalue weighted by Crippen LogP contribution is -2.32. The molecule has 0 saturated heterocycles. The highest BCUT2D eigenvalue weighted by Gasteiger charge is 2.38. The maximum atomic E-state index is 12.8. The van der Waals surface area contributed by atoms with Gasteiger partial charge in [-0.2, -0.15) is 0 Å². The molecule has 7 heteroatoms. The molecular weight excluding hydrogens is 428 g/mol. The van der Waals surface area contributed by atoms with E-state index in [0.29, 0.717) is 22.7 Å². The Balaban J connectivity index is 1.49. The third-order valence-corrected chi connectivity index (χ3v) is 5.33. The Kier molecular flexibility index (Phi) is 5.79. The number of imide groups is 1. The first-order valence-electron chi connectivity index (χ1n) is 9.85. The molecule has 0 fully saturated rings. The van der Waals surface area contributed by atoms with Gasteiger partial charge >= 0.3 is 5.97 Å². The SMILES string of the molecule is Cc1ccc(C)c(OC(=O)c2ccc(NC3=C(Cl)C(=O)N(c4ccccc4)C3=O)cc2)c1. The van der Waals surface area contributed by atoms with Crippen molar-refractivity contribution in [2.45, 2.75) is 13.8 Å². The molecule has 0 bridgehead atoms. The van der Waals surface area contributed by atoms with E-state index in [1.165, 1.54) is 0 Å². The average Bonchev–Trinajstić information content (AvgIpc) is 3.00. The number of anilines is 2. The normalized spacial score (nSPS) is 13.5. The Morgan fingerprint density at radius 3 is 2.28 bits per heavy atom. The summed E-state index contributed by atoms with van der Waals surface area (Å²) in [7, 11) is 0. The van der Waals surface area contributed by atoms with Gasteiger partial charge in [0.1, 0.15) is 16.5 Å². The number of aryl methyl sites for hydroxylation is 2. The van der Waals surface area contributed by atoms with Crippen LogP contribution in [0.25, 0.3) is 0 Å². The van der Waals surface area contributed by atoms with Gasteiger partial charge in [-0.05, 0) is 67.4 Å². The van der Waals surface area contributed by atoms with Crippen LogP contribution in [0.5, 0.6) is 5.75 Å². The third-order valence-electron chi connectivity index (χ3n) is 4.98. The molecule has 0 aliphatic carbocycles. The van der Waals surface area contributed by atoms with Gasteiger partial charge in [0.15, 0.2) is 0 Å². The molecule has 0 unspecified atom stereocenters. The molecule has 2 amide bonds. The summed E-state index contributed by atoms with van der Waals surface area (Å²) >= 11 is 6.15. The molecule has 1 aliphatic heterocycles. The second kappa shape index (κ2) is 8.69. The van der Waals surface area contributed by atoms with Gasteiger partial charge in [0.25, 0.3) is 11.8 Å². The maximum Gasteiger partial charge on any atom is 0.343 e. The summed E-state index contributed by atoms with van der Waals surface area (Å²) in [5, 5.41) is 2.69. The quantitative estimate of drug-likeness (QED) is 0.340. The predicted octanol–water partition coefficient (Wildman–Crippen LogP) is 4.96. The Labute approximate surface area is 190 Å². The number of ether oxygens (including phenoxy) is 1. The molecule has 0 saturated carbocycles. The molecule has 4 rings (SSSR count). The van der Waals surface area contributed by atoms with Crippen LogP contribution in [-0.4, -0.2) is 17.8 Å². The van der Waals surface area contributed by atoms with Crippen LogP contribution in [0.1, 0.15) is 21.5 Å². The van der Waals surface area contributed by atoms with E-state index in [1.807, 2.05) is 26.0 Å². The fraction of sp³-hybridized carbons (Fsp3) is 0.0800. The number of nitrogens with zero attached hydrogens (tertiary/aromatic N) is 1. The predicted molar refractivity (Wildman–Crippen MR) is 123 cm³/mol. The van der Waals surface area contributed by atoms with Gasteiger partial charge in [-0.1, -0.05) is 41.9 Å². The highest BCUT2D eigenvalue weighted by molar-refractivity contribution is 6.53. The van der Waals surface area contributed by atoms with E-state index in [-0.39, 0.29) is 10.7 Å². The smallest absolute Gasteiger partial charge is 0.343 e. The highest BCUT2D eigenvalue weighted by atomic mass is 35.5. The van der Waals surface area contributed by atoms with Gasteiger partial charge in [0, 0.05) is 5.69 Å². The molecule has 3 aromatic carbocycles. The van der Waals surface area contributed by atoms with Crippen molar-refractivity contribution in [3.63, 3.8) is 0 Å². The summed E-state index contributed by atoms with van der Waals surface area (Å²) in [6.45, 7) is 3.79. The maximum absolute atomic E-state index is 12.8. The molecule has 1 N–H and O–H groups in total. The molecule has 0 aromatic heterocycles. The lowest BCUT2D eigenvalue weighted by Gasteiger charge is -2.15. The molecular formula is C25H19ClN2O4. The van der Waals surface area contributed by atoms with E-state index in [1.54, 1.807) is 60.7 Å². The van der Waals surface area contributed by atoms with E-state index >= 15 is 0 Å². The summed E-state index contributed by atoms with van der Waals surface area (Å²) in [6.07, 6.45) is 0. The number of hydrogen-bond acceptors (Lipinski definition) is 5. The van der Waals surface area contributed by atoms with Crippen LogP contribution >= 0.6 is 11.6 Å². The third kappa shape index (κ3) is 4.13. The molecule has 0 radical (unpaired) electrons. The summed E-state index contributed by atoms with van der Waals surface area (Å²) in [5.74, 6) is -1.14. The van der Waals surface area contributed by atoms with Crippen molar-refractivity contribution in [1.82, 2.24) is 0 Å². The van der Waals surface area contributed by atoms with Gasteiger partial charge in [-0.15, -0.1) is 0 Å². The number of esters is 1. The van der Waals surface area contributed by atoms with E-state index in [9.17, 15) is 14.4 Å². The molecule has 0 atom stereocenters. The van der Waals surface area contributed by atoms with Crippen LogP contribution in [0.15, 0.2) is 83.5 Å². The molecule has 3 aromatic rings. The zero-order valence-corrected chi connectivity index (χ0v) is 18.1. The first-order chi connectivity index (χ1) is 15.3. The Morgan fingerprint density at radius 2 is 1.59 bits per heavy atom. The van der Waals surface area contributed by atoms with E-state index < -0.39 is 17.8 Å². The largest absolute Gasteiger partial charge is 0.423 e. The lowest BCUT2D eigenvalue weighted by atomic mass is 10.1. The van der Waals surface area contributed by atoms with Crippen molar-refractivity contribution >= 4 is 40.8 Å². The van der Waals surface area contributed by atoms with E-state index in [4.69, 9.17) is 16.3 Å². The number of hydrogen-bond donors (Lipinski definition) is 1. The van der Waals surface area contributed by atoms with Crippen LogP contribution in [0.3, 0.4) is 0 Å². The summed E-state index contributed by atoms with van der Waals surface area (Å²) in [4.78, 5) is 38.8. The van der Waals surface area contributed by atoms with Crippen LogP contribution < -0.4 is 15.0 Å². The summed E-state index contributed by atoms with van der Waals surface area (Å²) < 4.78 is 5.50. The molecule has 6 nitrogen and oxygen atoms in total. The zero-order valence-electron chi connectivity index (χ0n) is 17.4. The van der Waals surface area contributed by atoms with Gasteiger partial charge in [0.05, 0.1) is 11.3 Å². The minimum absolute atomic E-state index is 0.0220. The monoisotopic (exact) mass is 446 g/mol. The van der Waals surface area contributed by atoms with Crippen LogP contribution in [0.4, 0.5) is 11.4 Å². The van der Waals surface area contributed by atoms with Crippen LogP contribution in [-0.2, 0) is 9.59 Å². The number of benzene rings is 3. The zero-order chi connectivity index (χ0) is 22.8. The van der Waals surface area contributed by atoms with E-state index in [0.717, 1.165) is 16.0 Å². The van der Waals surface area contributed by atoms with Crippen molar-refractivity contribution < 1.29 is 19.1 Å². The Bertz CT molecular complexity index is 1250. The van der Waals surface area contributed by atoms with Crippen LogP contribution in [0, 0.1) is 13.8 Å². The number of halogens is 1. The minimum atomic E-state index is -0.598. The van der Waals surface area contributed by atoms with Crippen LogP contribution in [0.2, 0.25) is 0 Å². The fourth-order valence-electron chi connectivity index (χ4n) is 3.23. The van der Waals surface area contributed by atoms with Crippen molar-refractivity contribution in [2.24, 2.45) is 0 Å². The van der Waals surface area contributed by atoms with Gasteiger partial charge < -0.3 is 10.1 Å². The molecule has 160 valence electrons. The van der Waals surface area contributed by atoms with Gasteiger partial charge in [0.2, 0.25) is 0 Å². The van der Waals surface area contributed by atoms with Gasteiger partial charge in [-0.25, -0.2) is 9.69 Å². The summed E-state index contributed by atoms with van der Waals surface area (Å²) in [5.41, 5.74) is 3.10.